The van der Waals surface area contributed by atoms with Crippen molar-refractivity contribution in [3.63, 3.8) is 0 Å². The maximum absolute atomic E-state index is 6.36. The molecule has 0 amide bonds. The van der Waals surface area contributed by atoms with Crippen LogP contribution in [0.3, 0.4) is 0 Å². The second kappa shape index (κ2) is 7.46. The van der Waals surface area contributed by atoms with Gasteiger partial charge < -0.3 is 4.74 Å². The smallest absolute Gasteiger partial charge is 0.123 e. The van der Waals surface area contributed by atoms with Crippen molar-refractivity contribution in [2.24, 2.45) is 0 Å². The summed E-state index contributed by atoms with van der Waals surface area (Å²) < 4.78 is 6.36. The monoisotopic (exact) mass is 346 g/mol. The number of aryl methyl sites for hydroxylation is 2. The lowest BCUT2D eigenvalue weighted by molar-refractivity contribution is 0.0964. The fourth-order valence-electron chi connectivity index (χ4n) is 3.67. The molecule has 1 aromatic heterocycles. The van der Waals surface area contributed by atoms with Crippen LogP contribution in [0.5, 0.6) is 5.75 Å². The van der Waals surface area contributed by atoms with Gasteiger partial charge in [-0.05, 0) is 61.4 Å². The van der Waals surface area contributed by atoms with E-state index in [4.69, 9.17) is 4.74 Å². The van der Waals surface area contributed by atoms with Crippen LogP contribution in [0.15, 0.2) is 54.9 Å². The van der Waals surface area contributed by atoms with Gasteiger partial charge in [0.15, 0.2) is 0 Å². The van der Waals surface area contributed by atoms with Gasteiger partial charge in [-0.15, -0.1) is 0 Å². The molecular formula is C23H26N2O. The zero-order valence-electron chi connectivity index (χ0n) is 15.6. The number of hydrogen-bond donors (Lipinski definition) is 0. The van der Waals surface area contributed by atoms with Crippen LogP contribution in [-0.4, -0.2) is 29.1 Å². The Bertz CT molecular complexity index is 880. The number of benzene rings is 2. The molecule has 1 saturated heterocycles. The highest BCUT2D eigenvalue weighted by Gasteiger charge is 2.21. The van der Waals surface area contributed by atoms with Crippen molar-refractivity contribution in [2.45, 2.75) is 39.3 Å². The molecule has 2 heterocycles. The van der Waals surface area contributed by atoms with Crippen LogP contribution in [0.2, 0.25) is 0 Å². The summed E-state index contributed by atoms with van der Waals surface area (Å²) in [5, 5.41) is 2.36. The molecule has 3 nitrogen and oxygen atoms in total. The van der Waals surface area contributed by atoms with E-state index in [1.54, 1.807) is 0 Å². The van der Waals surface area contributed by atoms with E-state index in [-0.39, 0.29) is 0 Å². The third-order valence-electron chi connectivity index (χ3n) is 5.29. The average Bonchev–Trinajstić information content (AvgIpc) is 2.66. The van der Waals surface area contributed by atoms with Gasteiger partial charge in [0.1, 0.15) is 11.9 Å². The number of likely N-dealkylation sites (tertiary alicyclic amines) is 1. The van der Waals surface area contributed by atoms with E-state index >= 15 is 0 Å². The maximum Gasteiger partial charge on any atom is 0.123 e. The summed E-state index contributed by atoms with van der Waals surface area (Å²) in [6.45, 7) is 7.48. The summed E-state index contributed by atoms with van der Waals surface area (Å²) in [6, 6.07) is 15.3. The molecule has 2 aromatic carbocycles. The SMILES string of the molecule is Cc1ccc(CN2CCC(Oc3cc4ccncc4cc3C)CC2)cc1. The summed E-state index contributed by atoms with van der Waals surface area (Å²) in [7, 11) is 0. The van der Waals surface area contributed by atoms with Crippen molar-refractivity contribution < 1.29 is 4.74 Å². The van der Waals surface area contributed by atoms with Crippen molar-refractivity contribution >= 4 is 10.8 Å². The molecule has 0 N–H and O–H groups in total. The number of rotatable bonds is 4. The normalized spacial score (nSPS) is 16.1. The van der Waals surface area contributed by atoms with Crippen LogP contribution < -0.4 is 4.74 Å². The van der Waals surface area contributed by atoms with Crippen LogP contribution in [-0.2, 0) is 6.54 Å². The van der Waals surface area contributed by atoms with Gasteiger partial charge in [0, 0.05) is 37.4 Å². The predicted molar refractivity (Wildman–Crippen MR) is 107 cm³/mol. The second-order valence-electron chi connectivity index (χ2n) is 7.42. The Hall–Kier alpha value is -2.39. The fraction of sp³-hybridized carbons (Fsp3) is 0.348. The number of pyridine rings is 1. The average molecular weight is 346 g/mol. The van der Waals surface area contributed by atoms with E-state index in [0.29, 0.717) is 6.10 Å². The molecule has 134 valence electrons. The highest BCUT2D eigenvalue weighted by Crippen LogP contribution is 2.28. The highest BCUT2D eigenvalue weighted by atomic mass is 16.5. The lowest BCUT2D eigenvalue weighted by Crippen LogP contribution is -2.37. The number of fused-ring (bicyclic) bond motifs is 1. The Morgan fingerprint density at radius 2 is 1.77 bits per heavy atom. The Morgan fingerprint density at radius 3 is 2.54 bits per heavy atom. The van der Waals surface area contributed by atoms with Gasteiger partial charge in [-0.3, -0.25) is 9.88 Å². The lowest BCUT2D eigenvalue weighted by atomic mass is 10.1. The minimum Gasteiger partial charge on any atom is -0.490 e. The van der Waals surface area contributed by atoms with Gasteiger partial charge >= 0.3 is 0 Å². The zero-order chi connectivity index (χ0) is 17.9. The first-order valence-electron chi connectivity index (χ1n) is 9.46. The first-order valence-corrected chi connectivity index (χ1v) is 9.46. The second-order valence-corrected chi connectivity index (χ2v) is 7.42. The van der Waals surface area contributed by atoms with Crippen molar-refractivity contribution in [3.05, 3.63) is 71.5 Å². The number of nitrogens with zero attached hydrogens (tertiary/aromatic N) is 2. The van der Waals surface area contributed by atoms with E-state index in [9.17, 15) is 0 Å². The summed E-state index contributed by atoms with van der Waals surface area (Å²) in [5.74, 6) is 1.01. The molecule has 0 aliphatic carbocycles. The summed E-state index contributed by atoms with van der Waals surface area (Å²) in [4.78, 5) is 6.73. The molecule has 1 aliphatic rings. The van der Waals surface area contributed by atoms with Gasteiger partial charge in [-0.25, -0.2) is 0 Å². The lowest BCUT2D eigenvalue weighted by Gasteiger charge is -2.32. The molecule has 3 heteroatoms. The molecule has 0 unspecified atom stereocenters. The maximum atomic E-state index is 6.36. The molecule has 0 atom stereocenters. The molecule has 26 heavy (non-hydrogen) atoms. The summed E-state index contributed by atoms with van der Waals surface area (Å²) >= 11 is 0. The summed E-state index contributed by atoms with van der Waals surface area (Å²) in [6.07, 6.45) is 6.22. The van der Waals surface area contributed by atoms with E-state index < -0.39 is 0 Å². The fourth-order valence-corrected chi connectivity index (χ4v) is 3.67. The van der Waals surface area contributed by atoms with Crippen LogP contribution in [0.25, 0.3) is 10.8 Å². The first kappa shape index (κ1) is 17.0. The minimum atomic E-state index is 0.308. The minimum absolute atomic E-state index is 0.308. The van der Waals surface area contributed by atoms with Crippen LogP contribution in [0.4, 0.5) is 0 Å². The molecule has 4 rings (SSSR count). The Kier molecular flexibility index (Phi) is 4.89. The number of aromatic nitrogens is 1. The van der Waals surface area contributed by atoms with Gasteiger partial charge in [-0.2, -0.15) is 0 Å². The molecule has 0 radical (unpaired) electrons. The predicted octanol–water partition coefficient (Wildman–Crippen LogP) is 4.90. The Morgan fingerprint density at radius 1 is 1.00 bits per heavy atom. The molecule has 0 spiro atoms. The van der Waals surface area contributed by atoms with Crippen molar-refractivity contribution in [3.8, 4) is 5.75 Å². The van der Waals surface area contributed by atoms with Gasteiger partial charge in [0.05, 0.1) is 0 Å². The Labute approximate surface area is 155 Å². The van der Waals surface area contributed by atoms with Crippen molar-refractivity contribution in [1.29, 1.82) is 0 Å². The van der Waals surface area contributed by atoms with Gasteiger partial charge in [-0.1, -0.05) is 29.8 Å². The van der Waals surface area contributed by atoms with E-state index in [1.165, 1.54) is 27.5 Å². The number of ether oxygens (including phenoxy) is 1. The van der Waals surface area contributed by atoms with E-state index in [1.807, 2.05) is 18.5 Å². The number of hydrogen-bond acceptors (Lipinski definition) is 3. The number of piperidine rings is 1. The largest absolute Gasteiger partial charge is 0.490 e. The van der Waals surface area contributed by atoms with Crippen LogP contribution in [0, 0.1) is 13.8 Å². The van der Waals surface area contributed by atoms with Gasteiger partial charge in [0.25, 0.3) is 0 Å². The zero-order valence-corrected chi connectivity index (χ0v) is 15.6. The third kappa shape index (κ3) is 3.88. The Balaban J connectivity index is 1.36. The molecule has 1 fully saturated rings. The molecule has 0 saturated carbocycles. The quantitative estimate of drug-likeness (QED) is 0.672. The van der Waals surface area contributed by atoms with Crippen LogP contribution >= 0.6 is 0 Å². The topological polar surface area (TPSA) is 25.4 Å². The molecule has 3 aromatic rings. The van der Waals surface area contributed by atoms with Crippen LogP contribution in [0.1, 0.15) is 29.5 Å². The van der Waals surface area contributed by atoms with Crippen molar-refractivity contribution in [1.82, 2.24) is 9.88 Å². The highest BCUT2D eigenvalue weighted by molar-refractivity contribution is 5.84. The molecule has 0 bridgehead atoms. The molecular weight excluding hydrogens is 320 g/mol. The van der Waals surface area contributed by atoms with Gasteiger partial charge in [0.2, 0.25) is 0 Å². The van der Waals surface area contributed by atoms with E-state index in [2.05, 4.69) is 60.1 Å². The molecule has 1 aliphatic heterocycles. The standard InChI is InChI=1S/C23H26N2O/c1-17-3-5-19(6-4-17)16-25-11-8-22(9-12-25)26-23-14-20-7-10-24-15-21(20)13-18(23)2/h3-7,10,13-15,22H,8-9,11-12,16H2,1-2H3. The third-order valence-corrected chi connectivity index (χ3v) is 5.29. The summed E-state index contributed by atoms with van der Waals surface area (Å²) in [5.41, 5.74) is 3.91. The van der Waals surface area contributed by atoms with Crippen molar-refractivity contribution in [2.75, 3.05) is 13.1 Å². The van der Waals surface area contributed by atoms with E-state index in [0.717, 1.165) is 38.2 Å². The first-order chi connectivity index (χ1) is 12.7.